The molecule has 0 spiro atoms. The summed E-state index contributed by atoms with van der Waals surface area (Å²) in [5.74, 6) is 0.519. The van der Waals surface area contributed by atoms with Gasteiger partial charge in [-0.3, -0.25) is 39.3 Å². The van der Waals surface area contributed by atoms with Gasteiger partial charge in [-0.15, -0.1) is 0 Å². The average Bonchev–Trinajstić information content (AvgIpc) is 3.58. The Bertz CT molecular complexity index is 1870. The van der Waals surface area contributed by atoms with Gasteiger partial charge in [-0.1, -0.05) is 68.6 Å². The molecule has 2 atom stereocenters. The van der Waals surface area contributed by atoms with Crippen molar-refractivity contribution in [3.05, 3.63) is 130 Å². The highest BCUT2D eigenvalue weighted by Gasteiger charge is 2.43. The van der Waals surface area contributed by atoms with Crippen LogP contribution in [0.4, 0.5) is 4.79 Å². The van der Waals surface area contributed by atoms with Crippen LogP contribution in [0.5, 0.6) is 11.5 Å². The lowest BCUT2D eigenvalue weighted by atomic mass is 9.99. The molecule has 0 bridgehead atoms. The maximum absolute atomic E-state index is 12.2. The Morgan fingerprint density at radius 3 is 1.37 bits per heavy atom. The van der Waals surface area contributed by atoms with Gasteiger partial charge in [-0.2, -0.15) is 0 Å². The normalized spacial score (nSPS) is 19.0. The number of nitrogens with zero attached hydrogens (tertiary/aromatic N) is 2. The number of nitrogens with one attached hydrogen (secondary N) is 2. The zero-order valence-electron chi connectivity index (χ0n) is 30.6. The molecule has 0 unspecified atom stereocenters. The van der Waals surface area contributed by atoms with Crippen molar-refractivity contribution in [2.24, 2.45) is 0 Å². The molecule has 11 nitrogen and oxygen atoms in total. The summed E-state index contributed by atoms with van der Waals surface area (Å²) in [6.45, 7) is 11.4. The molecule has 2 fully saturated rings. The molecular weight excluding hydrogens is 725 g/mol. The lowest BCUT2D eigenvalue weighted by Gasteiger charge is -2.19. The number of carbonyl (C=O) groups is 5. The molecule has 2 aliphatic rings. The molecule has 2 aliphatic heterocycles. The van der Waals surface area contributed by atoms with E-state index in [0.717, 1.165) is 46.9 Å². The highest BCUT2D eigenvalue weighted by atomic mass is 32.2. The van der Waals surface area contributed by atoms with Gasteiger partial charge in [0, 0.05) is 12.4 Å². The van der Waals surface area contributed by atoms with E-state index in [1.165, 1.54) is 11.8 Å². The molecule has 4 aromatic rings. The molecule has 280 valence electrons. The number of hydrogen-bond acceptors (Lipinski definition) is 11. The van der Waals surface area contributed by atoms with Crippen LogP contribution in [0.3, 0.4) is 0 Å². The summed E-state index contributed by atoms with van der Waals surface area (Å²) in [4.78, 5) is 68.0. The summed E-state index contributed by atoms with van der Waals surface area (Å²) < 4.78 is 9.77. The van der Waals surface area contributed by atoms with Crippen LogP contribution in [0.15, 0.2) is 96.8 Å². The Labute approximate surface area is 323 Å². The fraction of sp³-hybridized carbons (Fsp3) is 0.293. The van der Waals surface area contributed by atoms with Gasteiger partial charge in [0.15, 0.2) is 13.2 Å². The number of imide groups is 1. The van der Waals surface area contributed by atoms with Crippen molar-refractivity contribution in [2.45, 2.75) is 62.9 Å². The predicted molar refractivity (Wildman–Crippen MR) is 210 cm³/mol. The topological polar surface area (TPSA) is 154 Å². The van der Waals surface area contributed by atoms with Gasteiger partial charge in [0.05, 0.1) is 5.03 Å². The molecule has 2 saturated heterocycles. The van der Waals surface area contributed by atoms with Gasteiger partial charge in [-0.25, -0.2) is 0 Å². The third-order valence-corrected chi connectivity index (χ3v) is 11.0. The van der Waals surface area contributed by atoms with Crippen LogP contribution >= 0.6 is 23.5 Å². The number of pyridine rings is 2. The maximum atomic E-state index is 12.2. The Balaban J connectivity index is 0.000000208. The van der Waals surface area contributed by atoms with Crippen molar-refractivity contribution in [3.63, 3.8) is 0 Å². The Morgan fingerprint density at radius 2 is 1.04 bits per heavy atom. The van der Waals surface area contributed by atoms with Crippen molar-refractivity contribution in [2.75, 3.05) is 13.2 Å². The number of aryl methyl sites for hydroxylation is 2. The van der Waals surface area contributed by atoms with Crippen LogP contribution in [0.2, 0.25) is 0 Å². The molecule has 2 aromatic heterocycles. The molecule has 0 aliphatic carbocycles. The molecule has 13 heteroatoms. The van der Waals surface area contributed by atoms with Crippen LogP contribution < -0.4 is 20.1 Å². The molecule has 2 aromatic carbocycles. The number of thioether (sulfide) groups is 2. The first-order valence-corrected chi connectivity index (χ1v) is 19.1. The number of Topliss-reactive ketones (excluding diaryl/α,β-unsaturated/α-hetero) is 2. The summed E-state index contributed by atoms with van der Waals surface area (Å²) in [7, 11) is 0. The van der Waals surface area contributed by atoms with E-state index in [-0.39, 0.29) is 41.8 Å². The van der Waals surface area contributed by atoms with Crippen molar-refractivity contribution in [1.29, 1.82) is 0 Å². The Hall–Kier alpha value is -5.27. The number of carbonyl (C=O) groups excluding carboxylic acids is 5. The van der Waals surface area contributed by atoms with Gasteiger partial charge < -0.3 is 14.8 Å². The van der Waals surface area contributed by atoms with E-state index in [1.54, 1.807) is 43.6 Å². The minimum absolute atomic E-state index is 0.0231. The fourth-order valence-electron chi connectivity index (χ4n) is 5.57. The first kappa shape index (κ1) is 39.9. The number of hydrogen-bond donors (Lipinski definition) is 2. The van der Waals surface area contributed by atoms with E-state index < -0.39 is 9.49 Å². The third-order valence-electron chi connectivity index (χ3n) is 8.80. The van der Waals surface area contributed by atoms with Crippen LogP contribution in [-0.4, -0.2) is 61.3 Å². The summed E-state index contributed by atoms with van der Waals surface area (Å²) >= 11 is 2.46. The second kappa shape index (κ2) is 17.7. The van der Waals surface area contributed by atoms with E-state index in [9.17, 15) is 24.0 Å². The highest BCUT2D eigenvalue weighted by molar-refractivity contribution is 8.16. The second-order valence-electron chi connectivity index (χ2n) is 13.2. The molecule has 0 radical (unpaired) electrons. The molecule has 2 N–H and O–H groups in total. The minimum Gasteiger partial charge on any atom is -0.485 e. The SMILES string of the molecule is C=C1NC(=O)[C@](C)(Cc2ccc(OCC(=O)c3ccc(CC)cn3)cc2)S1.CCc1ccc(C(=O)COc2ccc(C[C@@]3(C)SC(=O)NC3=O)cc2)nc1. The monoisotopic (exact) mass is 766 g/mol. The lowest BCUT2D eigenvalue weighted by molar-refractivity contribution is -0.122. The molecule has 0 saturated carbocycles. The molecule has 54 heavy (non-hydrogen) atoms. The number of amides is 3. The minimum atomic E-state index is -0.800. The lowest BCUT2D eigenvalue weighted by Crippen LogP contribution is -2.35. The maximum Gasteiger partial charge on any atom is 0.286 e. The van der Waals surface area contributed by atoms with Crippen LogP contribution in [0, 0.1) is 0 Å². The quantitative estimate of drug-likeness (QED) is 0.131. The molecule has 4 heterocycles. The zero-order valence-corrected chi connectivity index (χ0v) is 32.2. The van der Waals surface area contributed by atoms with E-state index in [4.69, 9.17) is 9.47 Å². The first-order valence-electron chi connectivity index (χ1n) is 17.4. The summed E-state index contributed by atoms with van der Waals surface area (Å²) in [6.07, 6.45) is 6.20. The van der Waals surface area contributed by atoms with Crippen LogP contribution in [-0.2, 0) is 35.3 Å². The number of ether oxygens (including phenoxy) is 2. The summed E-state index contributed by atoms with van der Waals surface area (Å²) in [5.41, 5.74) is 4.88. The van der Waals surface area contributed by atoms with E-state index >= 15 is 0 Å². The molecule has 6 rings (SSSR count). The third kappa shape index (κ3) is 10.4. The van der Waals surface area contributed by atoms with Crippen molar-refractivity contribution >= 4 is 52.1 Å². The first-order chi connectivity index (χ1) is 25.8. The van der Waals surface area contributed by atoms with Gasteiger partial charge in [-0.05, 0) is 110 Å². The van der Waals surface area contributed by atoms with Gasteiger partial charge >= 0.3 is 0 Å². The van der Waals surface area contributed by atoms with Gasteiger partial charge in [0.2, 0.25) is 23.4 Å². The highest BCUT2D eigenvalue weighted by Crippen LogP contribution is 2.39. The van der Waals surface area contributed by atoms with Gasteiger partial charge in [0.25, 0.3) is 5.24 Å². The molecular formula is C41H42N4O7S2. The fourth-order valence-corrected chi connectivity index (χ4v) is 7.57. The van der Waals surface area contributed by atoms with Gasteiger partial charge in [0.1, 0.15) is 32.4 Å². The van der Waals surface area contributed by atoms with E-state index in [0.29, 0.717) is 40.8 Å². The summed E-state index contributed by atoms with van der Waals surface area (Å²) in [5, 5.41) is 5.43. The van der Waals surface area contributed by atoms with Crippen LogP contribution in [0.25, 0.3) is 0 Å². The van der Waals surface area contributed by atoms with E-state index in [2.05, 4.69) is 27.2 Å². The predicted octanol–water partition coefficient (Wildman–Crippen LogP) is 6.73. The van der Waals surface area contributed by atoms with Crippen LogP contribution in [0.1, 0.15) is 70.9 Å². The van der Waals surface area contributed by atoms with Crippen molar-refractivity contribution in [3.8, 4) is 11.5 Å². The largest absolute Gasteiger partial charge is 0.485 e. The molecule has 3 amide bonds. The number of rotatable bonds is 14. The average molecular weight is 767 g/mol. The number of aromatic nitrogens is 2. The Morgan fingerprint density at radius 1 is 0.630 bits per heavy atom. The second-order valence-corrected chi connectivity index (χ2v) is 16.2. The standard InChI is InChI=1S/C21H22N2O3S.C20H20N2O4S/c1-4-15-7-10-18(22-12-15)19(24)13-26-17-8-5-16(6-9-17)11-21(3)20(25)23-14(2)27-21;1-3-13-6-9-16(21-11-13)17(23)12-26-15-7-4-14(5-8-15)10-20(2)18(24)22-19(25)27-20/h5-10,12H,2,4,11,13H2,1,3H3,(H,23,25);4-9,11H,3,10,12H2,1-2H3,(H,22,24,25)/t21-;20-/m01/s1. The smallest absolute Gasteiger partial charge is 0.286 e. The zero-order chi connectivity index (χ0) is 38.9. The van der Waals surface area contributed by atoms with Crippen molar-refractivity contribution in [1.82, 2.24) is 20.6 Å². The van der Waals surface area contributed by atoms with Crippen molar-refractivity contribution < 1.29 is 33.4 Å². The summed E-state index contributed by atoms with van der Waals surface area (Å²) in [6, 6.07) is 21.8. The number of ketones is 2. The van der Waals surface area contributed by atoms with E-state index in [1.807, 2.05) is 69.3 Å². The number of benzene rings is 2. The Kier molecular flexibility index (Phi) is 13.1.